The van der Waals surface area contributed by atoms with Crippen molar-refractivity contribution in [1.82, 2.24) is 4.98 Å². The van der Waals surface area contributed by atoms with E-state index < -0.39 is 17.7 Å². The number of rotatable bonds is 4. The maximum absolute atomic E-state index is 13.5. The molecule has 4 aromatic rings. The van der Waals surface area contributed by atoms with Crippen LogP contribution in [-0.2, 0) is 15.0 Å². The van der Waals surface area contributed by atoms with Gasteiger partial charge >= 0.3 is 5.91 Å². The number of amides is 1. The van der Waals surface area contributed by atoms with Crippen molar-refractivity contribution in [2.24, 2.45) is 0 Å². The highest BCUT2D eigenvalue weighted by atomic mass is 32.1. The minimum absolute atomic E-state index is 0.0252. The molecule has 7 heteroatoms. The largest absolute Gasteiger partial charge is 0.507 e. The van der Waals surface area contributed by atoms with Gasteiger partial charge in [-0.3, -0.25) is 14.5 Å². The Kier molecular flexibility index (Phi) is 6.12. The summed E-state index contributed by atoms with van der Waals surface area (Å²) in [6.07, 6.45) is 0. The van der Waals surface area contributed by atoms with Crippen LogP contribution in [0.4, 0.5) is 5.13 Å². The second-order valence-corrected chi connectivity index (χ2v) is 11.2. The first-order valence-corrected chi connectivity index (χ1v) is 12.8. The van der Waals surface area contributed by atoms with Crippen LogP contribution in [0.15, 0.2) is 72.3 Å². The van der Waals surface area contributed by atoms with Crippen molar-refractivity contribution >= 4 is 44.1 Å². The number of thiazole rings is 1. The summed E-state index contributed by atoms with van der Waals surface area (Å²) in [7, 11) is 1.53. The Hall–Kier alpha value is -3.97. The van der Waals surface area contributed by atoms with Crippen molar-refractivity contribution in [1.29, 1.82) is 0 Å². The number of aryl methyl sites for hydroxylation is 1. The van der Waals surface area contributed by atoms with Crippen LogP contribution < -0.4 is 9.64 Å². The molecule has 37 heavy (non-hydrogen) atoms. The Labute approximate surface area is 219 Å². The van der Waals surface area contributed by atoms with Crippen LogP contribution in [-0.4, -0.2) is 28.9 Å². The SMILES string of the molecule is COc1cccc(/C(O)=C2\C(=O)C(=O)N(c3nc4ccc(C)cc4s3)[C@H]2c2ccc(C(C)(C)C)cc2)c1. The lowest BCUT2D eigenvalue weighted by molar-refractivity contribution is -0.132. The second-order valence-electron chi connectivity index (χ2n) is 10.2. The number of aromatic nitrogens is 1. The molecule has 1 saturated heterocycles. The van der Waals surface area contributed by atoms with Crippen LogP contribution in [0.1, 0.15) is 49.1 Å². The lowest BCUT2D eigenvalue weighted by Gasteiger charge is -2.24. The minimum Gasteiger partial charge on any atom is -0.507 e. The Bertz CT molecular complexity index is 1560. The van der Waals surface area contributed by atoms with Crippen LogP contribution in [0.3, 0.4) is 0 Å². The van der Waals surface area contributed by atoms with Gasteiger partial charge in [-0.1, -0.05) is 74.6 Å². The van der Waals surface area contributed by atoms with Crippen LogP contribution in [0.25, 0.3) is 16.0 Å². The van der Waals surface area contributed by atoms with Gasteiger partial charge in [0.1, 0.15) is 11.5 Å². The van der Waals surface area contributed by atoms with Crippen LogP contribution in [0, 0.1) is 6.92 Å². The molecule has 6 nitrogen and oxygen atoms in total. The predicted octanol–water partition coefficient (Wildman–Crippen LogP) is 6.54. The molecular formula is C30H28N2O4S. The summed E-state index contributed by atoms with van der Waals surface area (Å²) in [6, 6.07) is 19.7. The fourth-order valence-corrected chi connectivity index (χ4v) is 5.65. The topological polar surface area (TPSA) is 79.7 Å². The van der Waals surface area contributed by atoms with E-state index in [1.54, 1.807) is 24.3 Å². The number of nitrogens with zero attached hydrogens (tertiary/aromatic N) is 2. The first-order chi connectivity index (χ1) is 17.6. The first kappa shape index (κ1) is 24.7. The fraction of sp³-hybridized carbons (Fsp3) is 0.233. The summed E-state index contributed by atoms with van der Waals surface area (Å²) in [4.78, 5) is 33.1. The van der Waals surface area contributed by atoms with Crippen molar-refractivity contribution in [2.45, 2.75) is 39.2 Å². The summed E-state index contributed by atoms with van der Waals surface area (Å²) in [5, 5.41) is 11.8. The molecule has 0 unspecified atom stereocenters. The normalized spacial score (nSPS) is 17.5. The number of carbonyl (C=O) groups is 2. The number of carbonyl (C=O) groups excluding carboxylic acids is 2. The molecule has 0 bridgehead atoms. The molecule has 1 aromatic heterocycles. The zero-order valence-electron chi connectivity index (χ0n) is 21.4. The molecular weight excluding hydrogens is 484 g/mol. The summed E-state index contributed by atoms with van der Waals surface area (Å²) in [6.45, 7) is 8.37. The second kappa shape index (κ2) is 9.16. The van der Waals surface area contributed by atoms with Crippen molar-refractivity contribution in [2.75, 3.05) is 12.0 Å². The smallest absolute Gasteiger partial charge is 0.301 e. The molecule has 0 aliphatic carbocycles. The number of hydrogen-bond donors (Lipinski definition) is 1. The highest BCUT2D eigenvalue weighted by molar-refractivity contribution is 7.22. The number of Topliss-reactive ketones (excluding diaryl/α,β-unsaturated/α-hetero) is 1. The molecule has 2 heterocycles. The van der Waals surface area contributed by atoms with Crippen molar-refractivity contribution in [3.05, 3.63) is 94.6 Å². The third-order valence-electron chi connectivity index (χ3n) is 6.62. The standard InChI is InChI=1S/C30H28N2O4S/c1-17-9-14-22-23(15-17)37-29(31-22)32-25(18-10-12-20(13-11-18)30(2,3)4)24(27(34)28(32)35)26(33)19-7-6-8-21(16-19)36-5/h6-16,25,33H,1-5H3/b26-24+/t25-/m0/s1. The van der Waals surface area contributed by atoms with Gasteiger partial charge in [0.2, 0.25) is 0 Å². The summed E-state index contributed by atoms with van der Waals surface area (Å²) in [5.74, 6) is -1.18. The Morgan fingerprint density at radius 3 is 2.43 bits per heavy atom. The lowest BCUT2D eigenvalue weighted by Crippen LogP contribution is -2.29. The van der Waals surface area contributed by atoms with Crippen molar-refractivity contribution < 1.29 is 19.4 Å². The number of benzene rings is 3. The number of methoxy groups -OCH3 is 1. The molecule has 5 rings (SSSR count). The molecule has 1 aliphatic heterocycles. The van der Waals surface area contributed by atoms with Gasteiger partial charge < -0.3 is 9.84 Å². The van der Waals surface area contributed by atoms with E-state index in [-0.39, 0.29) is 16.7 Å². The molecule has 188 valence electrons. The zero-order chi connectivity index (χ0) is 26.5. The molecule has 1 aliphatic rings. The summed E-state index contributed by atoms with van der Waals surface area (Å²) in [5.41, 5.74) is 4.03. The number of anilines is 1. The molecule has 0 spiro atoms. The minimum atomic E-state index is -0.832. The lowest BCUT2D eigenvalue weighted by atomic mass is 9.85. The van der Waals surface area contributed by atoms with Gasteiger partial charge in [-0.2, -0.15) is 0 Å². The molecule has 0 saturated carbocycles. The Morgan fingerprint density at radius 1 is 1.03 bits per heavy atom. The van der Waals surface area contributed by atoms with Gasteiger partial charge in [-0.25, -0.2) is 4.98 Å². The van der Waals surface area contributed by atoms with Crippen molar-refractivity contribution in [3.8, 4) is 5.75 Å². The van der Waals surface area contributed by atoms with Gasteiger partial charge in [0, 0.05) is 5.56 Å². The molecule has 1 N–H and O–H groups in total. The van der Waals surface area contributed by atoms with Crippen LogP contribution in [0.2, 0.25) is 0 Å². The van der Waals surface area contributed by atoms with E-state index in [9.17, 15) is 14.7 Å². The van der Waals surface area contributed by atoms with E-state index in [2.05, 4.69) is 20.8 Å². The molecule has 0 radical (unpaired) electrons. The average Bonchev–Trinajstić information content (AvgIpc) is 3.40. The van der Waals surface area contributed by atoms with Gasteiger partial charge in [0.25, 0.3) is 5.78 Å². The predicted molar refractivity (Wildman–Crippen MR) is 147 cm³/mol. The zero-order valence-corrected chi connectivity index (χ0v) is 22.2. The van der Waals surface area contributed by atoms with E-state index in [0.29, 0.717) is 22.0 Å². The molecule has 3 aromatic carbocycles. The fourth-order valence-electron chi connectivity index (χ4n) is 4.56. The average molecular weight is 513 g/mol. The molecule has 1 atom stereocenters. The maximum atomic E-state index is 13.5. The van der Waals surface area contributed by atoms with E-state index in [1.807, 2.05) is 49.4 Å². The Morgan fingerprint density at radius 2 is 1.76 bits per heavy atom. The third kappa shape index (κ3) is 4.40. The monoisotopic (exact) mass is 512 g/mol. The summed E-state index contributed by atoms with van der Waals surface area (Å²) < 4.78 is 6.22. The van der Waals surface area contributed by atoms with Gasteiger partial charge in [0.05, 0.1) is 28.9 Å². The van der Waals surface area contributed by atoms with E-state index in [0.717, 1.165) is 21.3 Å². The van der Waals surface area contributed by atoms with Crippen molar-refractivity contribution in [3.63, 3.8) is 0 Å². The van der Waals surface area contributed by atoms with E-state index in [1.165, 1.54) is 23.3 Å². The first-order valence-electron chi connectivity index (χ1n) is 12.0. The van der Waals surface area contributed by atoms with Gasteiger partial charge in [0.15, 0.2) is 5.13 Å². The van der Waals surface area contributed by atoms with Crippen LogP contribution >= 0.6 is 11.3 Å². The number of fused-ring (bicyclic) bond motifs is 1. The highest BCUT2D eigenvalue weighted by Crippen LogP contribution is 2.44. The van der Waals surface area contributed by atoms with Gasteiger partial charge in [-0.15, -0.1) is 0 Å². The number of aliphatic hydroxyl groups is 1. The quantitative estimate of drug-likeness (QED) is 0.191. The highest BCUT2D eigenvalue weighted by Gasteiger charge is 2.48. The molecule has 1 fully saturated rings. The Balaban J connectivity index is 1.72. The molecule has 1 amide bonds. The number of aliphatic hydroxyl groups excluding tert-OH is 1. The number of hydrogen-bond acceptors (Lipinski definition) is 6. The maximum Gasteiger partial charge on any atom is 0.301 e. The third-order valence-corrected chi connectivity index (χ3v) is 7.64. The number of ether oxygens (including phenoxy) is 1. The van der Waals surface area contributed by atoms with E-state index >= 15 is 0 Å². The van der Waals surface area contributed by atoms with Gasteiger partial charge in [-0.05, 0) is 53.3 Å². The summed E-state index contributed by atoms with van der Waals surface area (Å²) >= 11 is 1.35. The van der Waals surface area contributed by atoms with E-state index in [4.69, 9.17) is 9.72 Å². The number of ketones is 1. The van der Waals surface area contributed by atoms with Crippen LogP contribution in [0.5, 0.6) is 5.75 Å².